The van der Waals surface area contributed by atoms with E-state index in [0.717, 1.165) is 12.0 Å². The predicted molar refractivity (Wildman–Crippen MR) is 98.0 cm³/mol. The van der Waals surface area contributed by atoms with Crippen molar-refractivity contribution in [3.05, 3.63) is 65.5 Å². The molecule has 2 aromatic carbocycles. The first kappa shape index (κ1) is 19.5. The molecule has 0 fully saturated rings. The fourth-order valence-corrected chi connectivity index (χ4v) is 2.65. The highest BCUT2D eigenvalue weighted by atomic mass is 19.1. The number of rotatable bonds is 7. The van der Waals surface area contributed by atoms with E-state index >= 15 is 0 Å². The average Bonchev–Trinajstić information content (AvgIpc) is 2.63. The molecule has 136 valence electrons. The molecule has 0 radical (unpaired) electrons. The molecule has 0 aliphatic heterocycles. The minimum absolute atomic E-state index is 0.145. The summed E-state index contributed by atoms with van der Waals surface area (Å²) in [5, 5.41) is 8.89. The molecule has 2 aromatic rings. The molecule has 2 rings (SSSR count). The Morgan fingerprint density at radius 1 is 1.15 bits per heavy atom. The summed E-state index contributed by atoms with van der Waals surface area (Å²) in [6, 6.07) is 14.9. The monoisotopic (exact) mass is 354 g/mol. The fourth-order valence-electron chi connectivity index (χ4n) is 2.65. The minimum atomic E-state index is -1.08. The normalized spacial score (nSPS) is 10.9. The third-order valence-corrected chi connectivity index (χ3v) is 3.94. The lowest BCUT2D eigenvalue weighted by molar-refractivity contribution is -0.146. The molecule has 0 N–H and O–H groups in total. The molecule has 0 spiro atoms. The number of hydrogen-bond donors (Lipinski definition) is 0. The van der Waals surface area contributed by atoms with Gasteiger partial charge in [-0.25, -0.2) is 4.39 Å². The van der Waals surface area contributed by atoms with Crippen molar-refractivity contribution < 1.29 is 13.9 Å². The van der Waals surface area contributed by atoms with Gasteiger partial charge in [-0.3, -0.25) is 4.79 Å². The van der Waals surface area contributed by atoms with Crippen LogP contribution < -0.4 is 4.74 Å². The van der Waals surface area contributed by atoms with Gasteiger partial charge in [0.2, 0.25) is 0 Å². The lowest BCUT2D eigenvalue weighted by atomic mass is 10.1. The molecule has 0 unspecified atom stereocenters. The number of benzene rings is 2. The predicted octanol–water partition coefficient (Wildman–Crippen LogP) is 4.29. The lowest BCUT2D eigenvalue weighted by Gasteiger charge is -2.32. The van der Waals surface area contributed by atoms with Crippen molar-refractivity contribution in [1.29, 1.82) is 5.26 Å². The van der Waals surface area contributed by atoms with Crippen LogP contribution in [0.5, 0.6) is 5.75 Å². The van der Waals surface area contributed by atoms with Gasteiger partial charge in [-0.05, 0) is 62.2 Å². The van der Waals surface area contributed by atoms with Crippen LogP contribution in [-0.2, 0) is 11.3 Å². The number of nitriles is 1. The summed E-state index contributed by atoms with van der Waals surface area (Å²) in [6.45, 7) is 6.46. The lowest BCUT2D eigenvalue weighted by Crippen LogP contribution is -2.48. The summed E-state index contributed by atoms with van der Waals surface area (Å²) in [7, 11) is 0. The van der Waals surface area contributed by atoms with Crippen molar-refractivity contribution in [3.63, 3.8) is 0 Å². The summed E-state index contributed by atoms with van der Waals surface area (Å²) in [5.41, 5.74) is 0.449. The molecule has 0 saturated heterocycles. The zero-order valence-electron chi connectivity index (χ0n) is 15.3. The maximum Gasteiger partial charge on any atom is 0.266 e. The highest BCUT2D eigenvalue weighted by Gasteiger charge is 2.34. The van der Waals surface area contributed by atoms with Gasteiger partial charge >= 0.3 is 0 Å². The highest BCUT2D eigenvalue weighted by Crippen LogP contribution is 2.22. The molecule has 0 aliphatic carbocycles. The third kappa shape index (κ3) is 5.06. The van der Waals surface area contributed by atoms with Crippen LogP contribution in [0.25, 0.3) is 0 Å². The smallest absolute Gasteiger partial charge is 0.266 e. The van der Waals surface area contributed by atoms with Gasteiger partial charge in [0.1, 0.15) is 11.6 Å². The van der Waals surface area contributed by atoms with E-state index in [2.05, 4.69) is 6.07 Å². The van der Waals surface area contributed by atoms with Gasteiger partial charge in [0.25, 0.3) is 5.91 Å². The van der Waals surface area contributed by atoms with Crippen LogP contribution in [0.4, 0.5) is 4.39 Å². The van der Waals surface area contributed by atoms with E-state index in [9.17, 15) is 9.18 Å². The summed E-state index contributed by atoms with van der Waals surface area (Å²) in [6.07, 6.45) is 0.814. The zero-order chi connectivity index (χ0) is 19.2. The van der Waals surface area contributed by atoms with Crippen molar-refractivity contribution >= 4 is 5.91 Å². The van der Waals surface area contributed by atoms with Gasteiger partial charge in [0, 0.05) is 13.1 Å². The molecular weight excluding hydrogens is 331 g/mol. The average molecular weight is 354 g/mol. The summed E-state index contributed by atoms with van der Waals surface area (Å²) in [4.78, 5) is 14.8. The minimum Gasteiger partial charge on any atom is -0.478 e. The van der Waals surface area contributed by atoms with Crippen LogP contribution in [0.1, 0.15) is 38.3 Å². The van der Waals surface area contributed by atoms with Crippen molar-refractivity contribution in [2.75, 3.05) is 6.54 Å². The van der Waals surface area contributed by atoms with Gasteiger partial charge in [-0.2, -0.15) is 5.26 Å². The quantitative estimate of drug-likeness (QED) is 0.745. The third-order valence-electron chi connectivity index (χ3n) is 3.94. The Kier molecular flexibility index (Phi) is 6.35. The van der Waals surface area contributed by atoms with Gasteiger partial charge in [-0.1, -0.05) is 19.1 Å². The molecule has 0 atom stereocenters. The van der Waals surface area contributed by atoms with Gasteiger partial charge in [0.05, 0.1) is 11.6 Å². The molecule has 1 amide bonds. The first-order valence-corrected chi connectivity index (χ1v) is 8.58. The maximum atomic E-state index is 13.1. The highest BCUT2D eigenvalue weighted by molar-refractivity contribution is 5.84. The first-order chi connectivity index (χ1) is 12.4. The van der Waals surface area contributed by atoms with Crippen molar-refractivity contribution in [1.82, 2.24) is 4.90 Å². The van der Waals surface area contributed by atoms with Gasteiger partial charge in [0.15, 0.2) is 5.60 Å². The summed E-state index contributed by atoms with van der Waals surface area (Å²) in [5.74, 6) is -0.0532. The van der Waals surface area contributed by atoms with E-state index < -0.39 is 5.60 Å². The Balaban J connectivity index is 2.14. The number of amides is 1. The first-order valence-electron chi connectivity index (χ1n) is 8.58. The molecule has 5 heteroatoms. The van der Waals surface area contributed by atoms with E-state index in [0.29, 0.717) is 24.4 Å². The van der Waals surface area contributed by atoms with E-state index in [1.807, 2.05) is 19.1 Å². The Bertz CT molecular complexity index is 777. The van der Waals surface area contributed by atoms with E-state index in [4.69, 9.17) is 10.00 Å². The second-order valence-corrected chi connectivity index (χ2v) is 6.60. The second kappa shape index (κ2) is 8.48. The van der Waals surface area contributed by atoms with Crippen LogP contribution in [-0.4, -0.2) is 23.0 Å². The van der Waals surface area contributed by atoms with Gasteiger partial charge < -0.3 is 9.64 Å². The Labute approximate surface area is 153 Å². The van der Waals surface area contributed by atoms with E-state index in [1.165, 1.54) is 24.3 Å². The number of hydrogen-bond acceptors (Lipinski definition) is 3. The molecule has 0 heterocycles. The SMILES string of the molecule is CCCN(Cc1ccc(C#N)cc1)C(=O)C(C)(C)Oc1ccc(F)cc1. The summed E-state index contributed by atoms with van der Waals surface area (Å²) < 4.78 is 18.9. The van der Waals surface area contributed by atoms with Crippen molar-refractivity contribution in [3.8, 4) is 11.8 Å². The number of ether oxygens (including phenoxy) is 1. The zero-order valence-corrected chi connectivity index (χ0v) is 15.3. The number of nitrogens with zero attached hydrogens (tertiary/aromatic N) is 2. The van der Waals surface area contributed by atoms with Crippen LogP contribution in [0.2, 0.25) is 0 Å². The standard InChI is InChI=1S/C21H23FN2O2/c1-4-13-24(15-17-7-5-16(14-23)6-8-17)20(25)21(2,3)26-19-11-9-18(22)10-12-19/h5-12H,4,13,15H2,1-3H3. The van der Waals surface area contributed by atoms with Crippen LogP contribution in [0, 0.1) is 17.1 Å². The number of halogens is 1. The number of carbonyl (C=O) groups excluding carboxylic acids is 1. The largest absolute Gasteiger partial charge is 0.478 e. The molecule has 0 aromatic heterocycles. The molecule has 0 saturated carbocycles. The topological polar surface area (TPSA) is 53.3 Å². The van der Waals surface area contributed by atoms with Crippen molar-refractivity contribution in [2.45, 2.75) is 39.3 Å². The molecule has 0 bridgehead atoms. The fraction of sp³-hybridized carbons (Fsp3) is 0.333. The molecular formula is C21H23FN2O2. The maximum absolute atomic E-state index is 13.1. The molecule has 4 nitrogen and oxygen atoms in total. The molecule has 0 aliphatic rings. The second-order valence-electron chi connectivity index (χ2n) is 6.60. The number of carbonyl (C=O) groups is 1. The summed E-state index contributed by atoms with van der Waals surface area (Å²) >= 11 is 0. The Hall–Kier alpha value is -2.87. The van der Waals surface area contributed by atoms with Gasteiger partial charge in [-0.15, -0.1) is 0 Å². The van der Waals surface area contributed by atoms with Crippen LogP contribution in [0.3, 0.4) is 0 Å². The van der Waals surface area contributed by atoms with Crippen molar-refractivity contribution in [2.24, 2.45) is 0 Å². The van der Waals surface area contributed by atoms with Crippen LogP contribution >= 0.6 is 0 Å². The Morgan fingerprint density at radius 3 is 2.31 bits per heavy atom. The van der Waals surface area contributed by atoms with E-state index in [-0.39, 0.29) is 11.7 Å². The van der Waals surface area contributed by atoms with E-state index in [1.54, 1.807) is 30.9 Å². The Morgan fingerprint density at radius 2 is 1.77 bits per heavy atom. The van der Waals surface area contributed by atoms with Crippen LogP contribution in [0.15, 0.2) is 48.5 Å². The molecule has 26 heavy (non-hydrogen) atoms.